The molecule has 1 aromatic heterocycles. The second-order valence-corrected chi connectivity index (χ2v) is 7.58. The van der Waals surface area contributed by atoms with Crippen molar-refractivity contribution in [3.63, 3.8) is 0 Å². The summed E-state index contributed by atoms with van der Waals surface area (Å²) in [5.74, 6) is 0.961. The number of benzene rings is 2. The summed E-state index contributed by atoms with van der Waals surface area (Å²) >= 11 is 5.69. The van der Waals surface area contributed by atoms with Gasteiger partial charge in [-0.3, -0.25) is 9.47 Å². The molecular formula is C22H27N5OS. The normalized spacial score (nSPS) is 14.9. The van der Waals surface area contributed by atoms with Crippen LogP contribution < -0.4 is 9.64 Å². The van der Waals surface area contributed by atoms with Crippen LogP contribution in [0.2, 0.25) is 0 Å². The summed E-state index contributed by atoms with van der Waals surface area (Å²) in [7, 11) is 0. The van der Waals surface area contributed by atoms with Gasteiger partial charge in [0.15, 0.2) is 0 Å². The van der Waals surface area contributed by atoms with Crippen LogP contribution in [-0.4, -0.2) is 52.0 Å². The van der Waals surface area contributed by atoms with Crippen LogP contribution in [0, 0.1) is 11.7 Å². The Morgan fingerprint density at radius 1 is 0.966 bits per heavy atom. The first kappa shape index (κ1) is 19.7. The van der Waals surface area contributed by atoms with E-state index in [1.54, 1.807) is 0 Å². The van der Waals surface area contributed by atoms with Gasteiger partial charge in [0, 0.05) is 26.2 Å². The number of piperazine rings is 1. The fourth-order valence-electron chi connectivity index (χ4n) is 3.75. The van der Waals surface area contributed by atoms with E-state index in [1.165, 1.54) is 11.3 Å². The molecule has 0 atom stereocenters. The summed E-state index contributed by atoms with van der Waals surface area (Å²) in [6.45, 7) is 9.32. The van der Waals surface area contributed by atoms with E-state index >= 15 is 0 Å². The second kappa shape index (κ2) is 8.80. The number of ether oxygens (including phenoxy) is 1. The number of anilines is 1. The van der Waals surface area contributed by atoms with E-state index in [-0.39, 0.29) is 0 Å². The van der Waals surface area contributed by atoms with Crippen molar-refractivity contribution in [3.05, 3.63) is 65.2 Å². The van der Waals surface area contributed by atoms with Gasteiger partial charge < -0.3 is 9.64 Å². The van der Waals surface area contributed by atoms with Gasteiger partial charge in [-0.25, -0.2) is 4.68 Å². The molecule has 0 spiro atoms. The number of para-hydroxylation sites is 3. The molecular weight excluding hydrogens is 382 g/mol. The van der Waals surface area contributed by atoms with E-state index in [0.717, 1.165) is 42.4 Å². The Morgan fingerprint density at radius 2 is 1.66 bits per heavy atom. The van der Waals surface area contributed by atoms with E-state index in [2.05, 4.69) is 46.1 Å². The maximum atomic E-state index is 5.80. The number of aryl methyl sites for hydroxylation is 1. The molecule has 3 aromatic rings. The Bertz CT molecular complexity index is 1020. The van der Waals surface area contributed by atoms with Crippen molar-refractivity contribution in [2.45, 2.75) is 20.5 Å². The topological polar surface area (TPSA) is 38.5 Å². The molecule has 152 valence electrons. The molecule has 1 aliphatic heterocycles. The molecule has 1 fully saturated rings. The van der Waals surface area contributed by atoms with E-state index in [4.69, 9.17) is 17.0 Å². The number of hydrogen-bond donors (Lipinski definition) is 0. The van der Waals surface area contributed by atoms with Crippen molar-refractivity contribution in [2.75, 3.05) is 37.7 Å². The summed E-state index contributed by atoms with van der Waals surface area (Å²) in [4.78, 5) is 4.79. The van der Waals surface area contributed by atoms with Gasteiger partial charge in [-0.15, -0.1) is 0 Å². The first-order valence-electron chi connectivity index (χ1n) is 10.1. The van der Waals surface area contributed by atoms with E-state index in [1.807, 2.05) is 46.8 Å². The van der Waals surface area contributed by atoms with Gasteiger partial charge in [-0.05, 0) is 49.8 Å². The molecule has 0 bridgehead atoms. The third kappa shape index (κ3) is 4.21. The average Bonchev–Trinajstić information content (AvgIpc) is 3.10. The van der Waals surface area contributed by atoms with Crippen LogP contribution >= 0.6 is 12.2 Å². The van der Waals surface area contributed by atoms with Crippen molar-refractivity contribution in [1.29, 1.82) is 0 Å². The van der Waals surface area contributed by atoms with Gasteiger partial charge in [0.2, 0.25) is 4.77 Å². The Kier molecular flexibility index (Phi) is 5.97. The third-order valence-corrected chi connectivity index (χ3v) is 5.73. The van der Waals surface area contributed by atoms with Crippen molar-refractivity contribution >= 4 is 17.9 Å². The summed E-state index contributed by atoms with van der Waals surface area (Å²) < 4.78 is 10.4. The molecule has 1 saturated heterocycles. The first-order chi connectivity index (χ1) is 14.2. The predicted molar refractivity (Wildman–Crippen MR) is 119 cm³/mol. The van der Waals surface area contributed by atoms with Crippen LogP contribution in [0.1, 0.15) is 12.5 Å². The van der Waals surface area contributed by atoms with Gasteiger partial charge in [0.1, 0.15) is 12.1 Å². The minimum atomic E-state index is 0.679. The maximum absolute atomic E-state index is 5.80. The predicted octanol–water partition coefficient (Wildman–Crippen LogP) is 3.89. The largest absolute Gasteiger partial charge is 0.492 e. The Hall–Kier alpha value is -2.64. The lowest BCUT2D eigenvalue weighted by atomic mass is 10.2. The van der Waals surface area contributed by atoms with Crippen LogP contribution in [0.5, 0.6) is 5.75 Å². The molecule has 0 aliphatic carbocycles. The highest BCUT2D eigenvalue weighted by molar-refractivity contribution is 7.71. The van der Waals surface area contributed by atoms with E-state index in [0.29, 0.717) is 13.3 Å². The Morgan fingerprint density at radius 3 is 2.38 bits per heavy atom. The van der Waals surface area contributed by atoms with Crippen LogP contribution in [0.25, 0.3) is 5.69 Å². The maximum Gasteiger partial charge on any atom is 0.203 e. The molecule has 0 unspecified atom stereocenters. The standard InChI is InChI=1S/C22H27N5OS/c1-3-28-21-11-7-6-10-20(21)25-14-12-24(13-15-25)17-27-22(29)26(16-23-27)19-9-5-4-8-18(19)2/h4-11,16H,3,12-15,17H2,1-2H3. The van der Waals surface area contributed by atoms with E-state index in [9.17, 15) is 0 Å². The molecule has 6 nitrogen and oxygen atoms in total. The smallest absolute Gasteiger partial charge is 0.203 e. The molecule has 0 N–H and O–H groups in total. The third-order valence-electron chi connectivity index (χ3n) is 5.32. The molecule has 29 heavy (non-hydrogen) atoms. The zero-order valence-corrected chi connectivity index (χ0v) is 17.8. The number of aromatic nitrogens is 3. The van der Waals surface area contributed by atoms with Crippen LogP contribution in [0.15, 0.2) is 54.9 Å². The summed E-state index contributed by atoms with van der Waals surface area (Å²) in [6, 6.07) is 16.5. The average molecular weight is 410 g/mol. The quantitative estimate of drug-likeness (QED) is 0.578. The van der Waals surface area contributed by atoms with Crippen molar-refractivity contribution in [2.24, 2.45) is 0 Å². The molecule has 7 heteroatoms. The minimum Gasteiger partial charge on any atom is -0.492 e. The first-order valence-corrected chi connectivity index (χ1v) is 10.5. The fourth-order valence-corrected chi connectivity index (χ4v) is 4.00. The van der Waals surface area contributed by atoms with E-state index < -0.39 is 0 Å². The van der Waals surface area contributed by atoms with Crippen molar-refractivity contribution in [3.8, 4) is 11.4 Å². The van der Waals surface area contributed by atoms with Crippen molar-refractivity contribution < 1.29 is 4.74 Å². The van der Waals surface area contributed by atoms with Gasteiger partial charge in [-0.2, -0.15) is 5.10 Å². The summed E-state index contributed by atoms with van der Waals surface area (Å²) in [5, 5.41) is 4.54. The summed E-state index contributed by atoms with van der Waals surface area (Å²) in [6.07, 6.45) is 1.82. The van der Waals surface area contributed by atoms with Crippen LogP contribution in [0.3, 0.4) is 0 Å². The van der Waals surface area contributed by atoms with Gasteiger partial charge >= 0.3 is 0 Å². The molecule has 0 saturated carbocycles. The van der Waals surface area contributed by atoms with Crippen LogP contribution in [-0.2, 0) is 6.67 Å². The highest BCUT2D eigenvalue weighted by atomic mass is 32.1. The highest BCUT2D eigenvalue weighted by Crippen LogP contribution is 2.28. The Balaban J connectivity index is 1.42. The number of nitrogens with zero attached hydrogens (tertiary/aromatic N) is 5. The molecule has 0 radical (unpaired) electrons. The Labute approximate surface area is 176 Å². The highest BCUT2D eigenvalue weighted by Gasteiger charge is 2.20. The summed E-state index contributed by atoms with van der Waals surface area (Å²) in [5.41, 5.74) is 3.44. The minimum absolute atomic E-state index is 0.679. The lowest BCUT2D eigenvalue weighted by Crippen LogP contribution is -2.47. The van der Waals surface area contributed by atoms with Gasteiger partial charge in [-0.1, -0.05) is 30.3 Å². The van der Waals surface area contributed by atoms with Crippen LogP contribution in [0.4, 0.5) is 5.69 Å². The number of hydrogen-bond acceptors (Lipinski definition) is 5. The van der Waals surface area contributed by atoms with Gasteiger partial charge in [0.25, 0.3) is 0 Å². The van der Waals surface area contributed by atoms with Crippen molar-refractivity contribution in [1.82, 2.24) is 19.2 Å². The lowest BCUT2D eigenvalue weighted by molar-refractivity contribution is 0.194. The lowest BCUT2D eigenvalue weighted by Gasteiger charge is -2.36. The molecule has 1 aliphatic rings. The monoisotopic (exact) mass is 409 g/mol. The fraction of sp³-hybridized carbons (Fsp3) is 0.364. The molecule has 4 rings (SSSR count). The molecule has 2 aromatic carbocycles. The SMILES string of the molecule is CCOc1ccccc1N1CCN(Cn2ncn(-c3ccccc3C)c2=S)CC1. The molecule has 0 amide bonds. The van der Waals surface area contributed by atoms with Gasteiger partial charge in [0.05, 0.1) is 24.7 Å². The number of rotatable bonds is 6. The second-order valence-electron chi connectivity index (χ2n) is 7.22. The zero-order valence-electron chi connectivity index (χ0n) is 17.0. The molecule has 2 heterocycles. The zero-order chi connectivity index (χ0) is 20.2.